The summed E-state index contributed by atoms with van der Waals surface area (Å²) in [6.07, 6.45) is 31.3. The van der Waals surface area contributed by atoms with Gasteiger partial charge < -0.3 is 19.7 Å². The summed E-state index contributed by atoms with van der Waals surface area (Å²) < 4.78 is 11.7. The maximum atomic E-state index is 11.5. The van der Waals surface area contributed by atoms with Gasteiger partial charge in [-0.3, -0.25) is 4.79 Å². The van der Waals surface area contributed by atoms with Gasteiger partial charge in [0.15, 0.2) is 0 Å². The lowest BCUT2D eigenvalue weighted by Crippen LogP contribution is -2.51. The van der Waals surface area contributed by atoms with E-state index in [2.05, 4.69) is 129 Å². The van der Waals surface area contributed by atoms with Gasteiger partial charge in [0.1, 0.15) is 17.3 Å². The van der Waals surface area contributed by atoms with Gasteiger partial charge in [0.2, 0.25) is 0 Å². The Hall–Kier alpha value is -2.99. The number of hydrogen-bond acceptors (Lipinski definition) is 5. The number of esters is 1. The Kier molecular flexibility index (Phi) is 12.3. The second-order valence-electron chi connectivity index (χ2n) is 15.9. The molecule has 1 heterocycles. The number of epoxide rings is 1. The maximum absolute atomic E-state index is 11.5. The first kappa shape index (κ1) is 38.5. The van der Waals surface area contributed by atoms with E-state index in [0.29, 0.717) is 12.8 Å². The van der Waals surface area contributed by atoms with Crippen molar-refractivity contribution in [2.24, 2.45) is 16.7 Å². The fraction of sp³-hybridized carbons (Fsp3) is 0.548. The van der Waals surface area contributed by atoms with Crippen LogP contribution in [0.5, 0.6) is 0 Å². The minimum atomic E-state index is -0.956. The molecule has 2 aliphatic carbocycles. The summed E-state index contributed by atoms with van der Waals surface area (Å²) in [4.78, 5) is 11.5. The van der Waals surface area contributed by atoms with Crippen LogP contribution in [0.4, 0.5) is 0 Å². The first-order valence-electron chi connectivity index (χ1n) is 17.1. The molecule has 0 aromatic heterocycles. The molecule has 0 bridgehead atoms. The molecule has 5 heteroatoms. The van der Waals surface area contributed by atoms with Gasteiger partial charge in [0, 0.05) is 31.1 Å². The molecular weight excluding hydrogens is 584 g/mol. The van der Waals surface area contributed by atoms with E-state index in [0.717, 1.165) is 35.1 Å². The fourth-order valence-electron chi connectivity index (χ4n) is 7.91. The summed E-state index contributed by atoms with van der Waals surface area (Å²) in [7, 11) is 0. The van der Waals surface area contributed by atoms with E-state index in [1.807, 2.05) is 25.2 Å². The molecule has 2 saturated carbocycles. The van der Waals surface area contributed by atoms with Crippen LogP contribution in [-0.2, 0) is 14.3 Å². The number of aliphatic hydroxyl groups excluding tert-OH is 1. The maximum Gasteiger partial charge on any atom is 0.302 e. The average Bonchev–Trinajstić information content (AvgIpc) is 3.53. The van der Waals surface area contributed by atoms with Gasteiger partial charge in [-0.25, -0.2) is 0 Å². The Morgan fingerprint density at radius 2 is 1.21 bits per heavy atom. The molecule has 1 aliphatic heterocycles. The van der Waals surface area contributed by atoms with Gasteiger partial charge in [-0.15, -0.1) is 0 Å². The molecular formula is C42H60O5. The van der Waals surface area contributed by atoms with Crippen LogP contribution < -0.4 is 0 Å². The van der Waals surface area contributed by atoms with Crippen LogP contribution in [0.3, 0.4) is 0 Å². The number of ether oxygens (including phenoxy) is 2. The van der Waals surface area contributed by atoms with Crippen LogP contribution in [0.25, 0.3) is 0 Å². The number of aliphatic hydroxyl groups is 2. The Labute approximate surface area is 284 Å². The lowest BCUT2D eigenvalue weighted by atomic mass is 9.61. The summed E-state index contributed by atoms with van der Waals surface area (Å²) >= 11 is 0. The monoisotopic (exact) mass is 644 g/mol. The van der Waals surface area contributed by atoms with E-state index < -0.39 is 5.60 Å². The topological polar surface area (TPSA) is 79.3 Å². The normalized spacial score (nSPS) is 35.0. The molecule has 3 fully saturated rings. The molecule has 258 valence electrons. The molecule has 5 nitrogen and oxygen atoms in total. The van der Waals surface area contributed by atoms with Gasteiger partial charge in [0.25, 0.3) is 0 Å². The minimum Gasteiger partial charge on any atom is -0.462 e. The fourth-order valence-corrected chi connectivity index (χ4v) is 7.91. The number of carbonyl (C=O) groups is 1. The lowest BCUT2D eigenvalue weighted by molar-refractivity contribution is -0.163. The van der Waals surface area contributed by atoms with E-state index in [1.165, 1.54) is 6.92 Å². The van der Waals surface area contributed by atoms with Crippen molar-refractivity contribution < 1.29 is 24.5 Å². The number of rotatable bonds is 11. The molecule has 47 heavy (non-hydrogen) atoms. The van der Waals surface area contributed by atoms with Crippen LogP contribution in [0.1, 0.15) is 102 Å². The molecule has 0 amide bonds. The van der Waals surface area contributed by atoms with E-state index in [1.54, 1.807) is 0 Å². The van der Waals surface area contributed by atoms with Gasteiger partial charge in [-0.2, -0.15) is 0 Å². The highest BCUT2D eigenvalue weighted by Crippen LogP contribution is 2.66. The number of hydrogen-bond donors (Lipinski definition) is 2. The van der Waals surface area contributed by atoms with Gasteiger partial charge in [-0.05, 0) is 65.9 Å². The predicted octanol–water partition coefficient (Wildman–Crippen LogP) is 9.38. The second-order valence-corrected chi connectivity index (χ2v) is 15.9. The summed E-state index contributed by atoms with van der Waals surface area (Å²) in [6.45, 7) is 22.3. The third kappa shape index (κ3) is 10.0. The third-order valence-corrected chi connectivity index (χ3v) is 10.1. The summed E-state index contributed by atoms with van der Waals surface area (Å²) in [5, 5.41) is 21.5. The molecule has 6 atom stereocenters. The molecule has 3 rings (SSSR count). The highest BCUT2D eigenvalue weighted by atomic mass is 16.6. The quantitative estimate of drug-likeness (QED) is 0.133. The van der Waals surface area contributed by atoms with Crippen LogP contribution in [0.2, 0.25) is 0 Å². The van der Waals surface area contributed by atoms with Crippen molar-refractivity contribution in [2.75, 3.05) is 0 Å². The van der Waals surface area contributed by atoms with Crippen LogP contribution in [0.15, 0.2) is 107 Å². The zero-order chi connectivity index (χ0) is 35.3. The Morgan fingerprint density at radius 1 is 0.702 bits per heavy atom. The highest BCUT2D eigenvalue weighted by Gasteiger charge is 2.74. The summed E-state index contributed by atoms with van der Waals surface area (Å²) in [5.74, 6) is -0.351. The SMILES string of the molecule is CC(=O)O[C@H]1CC(C)(C)C(C=C/C(C)=C/C=C/C(C)=C/C=C/C=C(C)/C=C/C=C(C)/C=C/[C@@]23O[C@]2(C)C[C@@H](O)CC3(C)C)[C@](C)(O)C1. The van der Waals surface area contributed by atoms with Crippen LogP contribution in [-0.4, -0.2) is 45.2 Å². The molecule has 2 N–H and O–H groups in total. The number of carbonyl (C=O) groups excluding carboxylic acids is 1. The molecule has 0 spiro atoms. The molecule has 3 aliphatic rings. The molecule has 0 aromatic carbocycles. The summed E-state index contributed by atoms with van der Waals surface area (Å²) in [6, 6.07) is 0. The van der Waals surface area contributed by atoms with Gasteiger partial charge >= 0.3 is 5.97 Å². The van der Waals surface area contributed by atoms with Crippen molar-refractivity contribution in [2.45, 2.75) is 131 Å². The Bertz CT molecular complexity index is 1400. The van der Waals surface area contributed by atoms with Crippen molar-refractivity contribution in [3.63, 3.8) is 0 Å². The van der Waals surface area contributed by atoms with E-state index in [-0.39, 0.29) is 46.1 Å². The third-order valence-electron chi connectivity index (χ3n) is 10.1. The van der Waals surface area contributed by atoms with Crippen molar-refractivity contribution in [3.05, 3.63) is 107 Å². The van der Waals surface area contributed by atoms with E-state index in [9.17, 15) is 15.0 Å². The van der Waals surface area contributed by atoms with Crippen LogP contribution in [0, 0.1) is 16.7 Å². The Balaban J connectivity index is 1.50. The van der Waals surface area contributed by atoms with Crippen molar-refractivity contribution >= 4 is 5.97 Å². The molecule has 0 aromatic rings. The zero-order valence-corrected chi connectivity index (χ0v) is 30.8. The predicted molar refractivity (Wildman–Crippen MR) is 195 cm³/mol. The van der Waals surface area contributed by atoms with Crippen molar-refractivity contribution in [1.82, 2.24) is 0 Å². The second kappa shape index (κ2) is 15.1. The van der Waals surface area contributed by atoms with Gasteiger partial charge in [0.05, 0.1) is 11.7 Å². The standard InChI is InChI=1S/C42H60O5/c1-30(18-14-20-32(3)22-23-37-38(6,7)28-36(46-34(5)43)29-40(37,10)45)16-12-13-17-31(2)19-15-21-33(4)24-25-42-39(8,9)26-35(44)27-41(42,11)47-42/h12-25,35-37,44-45H,26-29H2,1-11H3/b13-12+,18-14+,19-15+,23-22?,25-24+,30-16+,31-17+,32-20+,33-21+/t35-,36-,37?,40+,41+,42-/m0/s1. The average molecular weight is 645 g/mol. The molecule has 0 radical (unpaired) electrons. The van der Waals surface area contributed by atoms with Gasteiger partial charge in [-0.1, -0.05) is 129 Å². The highest BCUT2D eigenvalue weighted by molar-refractivity contribution is 5.66. The van der Waals surface area contributed by atoms with Crippen molar-refractivity contribution in [1.29, 1.82) is 0 Å². The molecule has 1 unspecified atom stereocenters. The van der Waals surface area contributed by atoms with E-state index in [4.69, 9.17) is 9.47 Å². The lowest BCUT2D eigenvalue weighted by Gasteiger charge is -2.49. The Morgan fingerprint density at radius 3 is 1.72 bits per heavy atom. The largest absolute Gasteiger partial charge is 0.462 e. The zero-order valence-electron chi connectivity index (χ0n) is 30.8. The smallest absolute Gasteiger partial charge is 0.302 e. The van der Waals surface area contributed by atoms with Crippen LogP contribution >= 0.6 is 0 Å². The van der Waals surface area contributed by atoms with E-state index >= 15 is 0 Å². The van der Waals surface area contributed by atoms with Crippen molar-refractivity contribution in [3.8, 4) is 0 Å². The summed E-state index contributed by atoms with van der Waals surface area (Å²) in [5.41, 5.74) is 2.69. The first-order chi connectivity index (χ1) is 21.7. The minimum absolute atomic E-state index is 0.0522. The number of fused-ring (bicyclic) bond motifs is 1. The number of allylic oxidation sites excluding steroid dienone is 16. The first-order valence-corrected chi connectivity index (χ1v) is 17.1. The molecule has 1 saturated heterocycles.